The van der Waals surface area contributed by atoms with Crippen molar-refractivity contribution in [2.75, 3.05) is 14.2 Å². The van der Waals surface area contributed by atoms with Gasteiger partial charge in [-0.05, 0) is 12.8 Å². The van der Waals surface area contributed by atoms with E-state index in [1.165, 1.54) is 0 Å². The summed E-state index contributed by atoms with van der Waals surface area (Å²) in [6, 6.07) is 0. The van der Waals surface area contributed by atoms with Gasteiger partial charge in [0.15, 0.2) is 0 Å². The maximum absolute atomic E-state index is 10.9. The van der Waals surface area contributed by atoms with E-state index in [1.807, 2.05) is 0 Å². The number of hydrogen-bond acceptors (Lipinski definition) is 2. The molecule has 1 rings (SSSR count). The highest BCUT2D eigenvalue weighted by atomic mass is 16.5. The normalized spacial score (nSPS) is 21.1. The van der Waals surface area contributed by atoms with Crippen LogP contribution in [-0.2, 0) is 9.53 Å². The van der Waals surface area contributed by atoms with E-state index in [0.717, 1.165) is 12.8 Å². The summed E-state index contributed by atoms with van der Waals surface area (Å²) < 4.78 is 4.99. The Kier molecular flexibility index (Phi) is 1.45. The van der Waals surface area contributed by atoms with E-state index in [9.17, 15) is 4.79 Å². The summed E-state index contributed by atoms with van der Waals surface area (Å²) in [6.45, 7) is 0. The van der Waals surface area contributed by atoms with Crippen LogP contribution in [0.2, 0.25) is 0 Å². The summed E-state index contributed by atoms with van der Waals surface area (Å²) in [5.41, 5.74) is -0.450. The molecule has 3 nitrogen and oxygen atoms in total. The second-order valence-corrected chi connectivity index (χ2v) is 2.28. The van der Waals surface area contributed by atoms with Gasteiger partial charge in [0, 0.05) is 14.2 Å². The maximum Gasteiger partial charge on any atom is 0.251 e. The molecular weight excluding hydrogens is 118 g/mol. The van der Waals surface area contributed by atoms with E-state index < -0.39 is 5.60 Å². The van der Waals surface area contributed by atoms with Crippen LogP contribution < -0.4 is 5.32 Å². The fourth-order valence-electron chi connectivity index (χ4n) is 0.865. The first-order valence-electron chi connectivity index (χ1n) is 3.02. The molecule has 0 radical (unpaired) electrons. The Labute approximate surface area is 54.4 Å². The molecule has 1 fully saturated rings. The van der Waals surface area contributed by atoms with Crippen LogP contribution in [0.5, 0.6) is 0 Å². The van der Waals surface area contributed by atoms with Crippen molar-refractivity contribution >= 4 is 5.91 Å². The quantitative estimate of drug-likeness (QED) is 0.566. The molecule has 1 aliphatic rings. The largest absolute Gasteiger partial charge is 0.368 e. The lowest BCUT2D eigenvalue weighted by molar-refractivity contribution is -0.132. The number of hydrogen-bond donors (Lipinski definition) is 1. The SMILES string of the molecule is CNC(=O)C1(OC)CC1. The highest BCUT2D eigenvalue weighted by molar-refractivity contribution is 5.87. The third-order valence-corrected chi connectivity index (χ3v) is 1.74. The molecule has 0 bridgehead atoms. The smallest absolute Gasteiger partial charge is 0.251 e. The summed E-state index contributed by atoms with van der Waals surface area (Å²) in [4.78, 5) is 10.9. The number of amides is 1. The Morgan fingerprint density at radius 3 is 2.33 bits per heavy atom. The maximum atomic E-state index is 10.9. The van der Waals surface area contributed by atoms with Crippen LogP contribution in [0.25, 0.3) is 0 Å². The van der Waals surface area contributed by atoms with Gasteiger partial charge in [-0.15, -0.1) is 0 Å². The van der Waals surface area contributed by atoms with Gasteiger partial charge in [-0.2, -0.15) is 0 Å². The third kappa shape index (κ3) is 0.920. The van der Waals surface area contributed by atoms with Crippen LogP contribution in [0, 0.1) is 0 Å². The Balaban J connectivity index is 2.49. The van der Waals surface area contributed by atoms with E-state index in [-0.39, 0.29) is 5.91 Å². The molecule has 3 heteroatoms. The molecular formula is C6H11NO2. The molecule has 0 aromatic heterocycles. The standard InChI is InChI=1S/C6H11NO2/c1-7-5(8)6(9-2)3-4-6/h3-4H2,1-2H3,(H,7,8). The summed E-state index contributed by atoms with van der Waals surface area (Å²) in [5.74, 6) is 0.00463. The monoisotopic (exact) mass is 129 g/mol. The van der Waals surface area contributed by atoms with Crippen molar-refractivity contribution in [3.63, 3.8) is 0 Å². The predicted octanol–water partition coefficient (Wildman–Crippen LogP) is -0.0886. The second-order valence-electron chi connectivity index (χ2n) is 2.28. The van der Waals surface area contributed by atoms with Crippen molar-refractivity contribution < 1.29 is 9.53 Å². The van der Waals surface area contributed by atoms with E-state index in [2.05, 4.69) is 5.32 Å². The zero-order chi connectivity index (χ0) is 6.91. The molecule has 1 saturated carbocycles. The lowest BCUT2D eigenvalue weighted by Gasteiger charge is -2.09. The first-order chi connectivity index (χ1) is 4.25. The molecule has 1 aliphatic carbocycles. The first-order valence-corrected chi connectivity index (χ1v) is 3.02. The first kappa shape index (κ1) is 6.55. The predicted molar refractivity (Wildman–Crippen MR) is 33.0 cm³/mol. The fraction of sp³-hybridized carbons (Fsp3) is 0.833. The molecule has 52 valence electrons. The highest BCUT2D eigenvalue weighted by Gasteiger charge is 2.49. The van der Waals surface area contributed by atoms with E-state index in [1.54, 1.807) is 14.2 Å². The minimum absolute atomic E-state index is 0.00463. The third-order valence-electron chi connectivity index (χ3n) is 1.74. The van der Waals surface area contributed by atoms with E-state index in [0.29, 0.717) is 0 Å². The topological polar surface area (TPSA) is 38.3 Å². The van der Waals surface area contributed by atoms with Crippen molar-refractivity contribution in [2.24, 2.45) is 0 Å². The number of likely N-dealkylation sites (N-methyl/N-ethyl adjacent to an activating group) is 1. The number of carbonyl (C=O) groups excluding carboxylic acids is 1. The van der Waals surface area contributed by atoms with Crippen LogP contribution in [0.3, 0.4) is 0 Å². The zero-order valence-electron chi connectivity index (χ0n) is 5.73. The lowest BCUT2D eigenvalue weighted by atomic mass is 10.3. The fourth-order valence-corrected chi connectivity index (χ4v) is 0.865. The van der Waals surface area contributed by atoms with Crippen LogP contribution in [-0.4, -0.2) is 25.7 Å². The van der Waals surface area contributed by atoms with Crippen LogP contribution in [0.4, 0.5) is 0 Å². The number of ether oxygens (including phenoxy) is 1. The molecule has 0 spiro atoms. The van der Waals surface area contributed by atoms with Gasteiger partial charge >= 0.3 is 0 Å². The molecule has 1 amide bonds. The van der Waals surface area contributed by atoms with Crippen LogP contribution in [0.1, 0.15) is 12.8 Å². The number of methoxy groups -OCH3 is 1. The van der Waals surface area contributed by atoms with Gasteiger partial charge in [-0.1, -0.05) is 0 Å². The number of nitrogens with one attached hydrogen (secondary N) is 1. The van der Waals surface area contributed by atoms with Crippen molar-refractivity contribution in [2.45, 2.75) is 18.4 Å². The Morgan fingerprint density at radius 1 is 1.67 bits per heavy atom. The highest BCUT2D eigenvalue weighted by Crippen LogP contribution is 2.38. The molecule has 0 aromatic carbocycles. The zero-order valence-corrected chi connectivity index (χ0v) is 5.73. The Bertz CT molecular complexity index is 129. The average molecular weight is 129 g/mol. The minimum atomic E-state index is -0.450. The molecule has 0 unspecified atom stereocenters. The summed E-state index contributed by atoms with van der Waals surface area (Å²) >= 11 is 0. The van der Waals surface area contributed by atoms with Gasteiger partial charge in [0.25, 0.3) is 5.91 Å². The summed E-state index contributed by atoms with van der Waals surface area (Å²) in [6.07, 6.45) is 1.73. The molecule has 0 atom stereocenters. The molecule has 0 aromatic rings. The number of rotatable bonds is 2. The van der Waals surface area contributed by atoms with E-state index in [4.69, 9.17) is 4.74 Å². The van der Waals surface area contributed by atoms with Crippen molar-refractivity contribution in [3.8, 4) is 0 Å². The minimum Gasteiger partial charge on any atom is -0.368 e. The van der Waals surface area contributed by atoms with Crippen molar-refractivity contribution in [1.82, 2.24) is 5.32 Å². The van der Waals surface area contributed by atoms with Crippen molar-refractivity contribution in [1.29, 1.82) is 0 Å². The molecule has 0 saturated heterocycles. The summed E-state index contributed by atoms with van der Waals surface area (Å²) in [7, 11) is 3.20. The summed E-state index contributed by atoms with van der Waals surface area (Å²) in [5, 5.41) is 2.55. The Hall–Kier alpha value is -0.570. The second kappa shape index (κ2) is 1.99. The van der Waals surface area contributed by atoms with E-state index >= 15 is 0 Å². The molecule has 1 N–H and O–H groups in total. The van der Waals surface area contributed by atoms with Gasteiger partial charge in [-0.3, -0.25) is 4.79 Å². The van der Waals surface area contributed by atoms with Gasteiger partial charge < -0.3 is 10.1 Å². The van der Waals surface area contributed by atoms with Gasteiger partial charge in [0.1, 0.15) is 5.60 Å². The van der Waals surface area contributed by atoms with Gasteiger partial charge in [0.05, 0.1) is 0 Å². The Morgan fingerprint density at radius 2 is 2.22 bits per heavy atom. The number of carbonyl (C=O) groups is 1. The van der Waals surface area contributed by atoms with Crippen LogP contribution in [0.15, 0.2) is 0 Å². The van der Waals surface area contributed by atoms with Crippen molar-refractivity contribution in [3.05, 3.63) is 0 Å². The molecule has 0 heterocycles. The van der Waals surface area contributed by atoms with Crippen LogP contribution >= 0.6 is 0 Å². The van der Waals surface area contributed by atoms with Gasteiger partial charge in [-0.25, -0.2) is 0 Å². The lowest BCUT2D eigenvalue weighted by Crippen LogP contribution is -2.34. The average Bonchev–Trinajstić information content (AvgIpc) is 2.66. The molecule has 9 heavy (non-hydrogen) atoms. The van der Waals surface area contributed by atoms with Gasteiger partial charge in [0.2, 0.25) is 0 Å². The molecule has 0 aliphatic heterocycles.